The summed E-state index contributed by atoms with van der Waals surface area (Å²) in [6, 6.07) is 1.55. The summed E-state index contributed by atoms with van der Waals surface area (Å²) in [6.07, 6.45) is 4.19. The standard InChI is InChI=1S/C11H11ClN4O2/c1-2-13-10-9(12)3-7(4-14-10)11(17)16-8-5-15-18-6-8/h3-6H,2H2,1H3,(H,13,14)(H,16,17). The predicted molar refractivity (Wildman–Crippen MR) is 67.9 cm³/mol. The number of hydrogen-bond donors (Lipinski definition) is 2. The first-order valence-corrected chi connectivity index (χ1v) is 5.68. The van der Waals surface area contributed by atoms with Gasteiger partial charge in [-0.2, -0.15) is 0 Å². The fourth-order valence-corrected chi connectivity index (χ4v) is 1.56. The summed E-state index contributed by atoms with van der Waals surface area (Å²) in [5.41, 5.74) is 0.842. The van der Waals surface area contributed by atoms with Crippen molar-refractivity contribution in [3.05, 3.63) is 35.3 Å². The molecule has 0 spiro atoms. The molecule has 0 radical (unpaired) electrons. The maximum atomic E-state index is 11.8. The van der Waals surface area contributed by atoms with E-state index in [0.29, 0.717) is 28.6 Å². The van der Waals surface area contributed by atoms with Crippen molar-refractivity contribution >= 4 is 29.0 Å². The van der Waals surface area contributed by atoms with Gasteiger partial charge in [0.25, 0.3) is 5.91 Å². The highest BCUT2D eigenvalue weighted by Gasteiger charge is 2.10. The fraction of sp³-hybridized carbons (Fsp3) is 0.182. The lowest BCUT2D eigenvalue weighted by molar-refractivity contribution is 0.102. The van der Waals surface area contributed by atoms with Crippen LogP contribution in [0.4, 0.5) is 11.5 Å². The van der Waals surface area contributed by atoms with Gasteiger partial charge < -0.3 is 15.2 Å². The SMILES string of the molecule is CCNc1ncc(C(=O)Nc2cnoc2)cc1Cl. The first kappa shape index (κ1) is 12.4. The molecule has 0 aliphatic rings. The molecule has 2 N–H and O–H groups in total. The minimum Gasteiger partial charge on any atom is -0.369 e. The van der Waals surface area contributed by atoms with Crippen LogP contribution < -0.4 is 10.6 Å². The smallest absolute Gasteiger partial charge is 0.257 e. The number of halogens is 1. The summed E-state index contributed by atoms with van der Waals surface area (Å²) >= 11 is 6.00. The molecule has 1 amide bonds. The summed E-state index contributed by atoms with van der Waals surface area (Å²) in [7, 11) is 0. The average Bonchev–Trinajstić information content (AvgIpc) is 2.84. The molecule has 7 heteroatoms. The zero-order valence-electron chi connectivity index (χ0n) is 9.61. The number of carbonyl (C=O) groups is 1. The van der Waals surface area contributed by atoms with Crippen molar-refractivity contribution in [2.24, 2.45) is 0 Å². The predicted octanol–water partition coefficient (Wildman–Crippen LogP) is 2.41. The molecule has 2 rings (SSSR count). The molecule has 6 nitrogen and oxygen atoms in total. The van der Waals surface area contributed by atoms with Gasteiger partial charge in [-0.05, 0) is 13.0 Å². The van der Waals surface area contributed by atoms with E-state index in [1.165, 1.54) is 18.7 Å². The maximum Gasteiger partial charge on any atom is 0.257 e. The van der Waals surface area contributed by atoms with E-state index in [-0.39, 0.29) is 5.91 Å². The Morgan fingerprint density at radius 3 is 2.94 bits per heavy atom. The van der Waals surface area contributed by atoms with E-state index in [9.17, 15) is 4.79 Å². The normalized spacial score (nSPS) is 10.1. The molecule has 0 atom stereocenters. The number of nitrogens with zero attached hydrogens (tertiary/aromatic N) is 2. The molecule has 0 aromatic carbocycles. The Morgan fingerprint density at radius 1 is 1.50 bits per heavy atom. The average molecular weight is 267 g/mol. The molecule has 2 aromatic heterocycles. The van der Waals surface area contributed by atoms with Crippen molar-refractivity contribution in [2.75, 3.05) is 17.2 Å². The number of pyridine rings is 1. The first-order chi connectivity index (χ1) is 8.70. The Kier molecular flexibility index (Phi) is 3.78. The molecule has 18 heavy (non-hydrogen) atoms. The highest BCUT2D eigenvalue weighted by molar-refractivity contribution is 6.33. The zero-order chi connectivity index (χ0) is 13.0. The third kappa shape index (κ3) is 2.78. The lowest BCUT2D eigenvalue weighted by Gasteiger charge is -2.06. The van der Waals surface area contributed by atoms with Gasteiger partial charge in [0.15, 0.2) is 0 Å². The third-order valence-corrected chi connectivity index (χ3v) is 2.43. The van der Waals surface area contributed by atoms with Gasteiger partial charge >= 0.3 is 0 Å². The van der Waals surface area contributed by atoms with Crippen molar-refractivity contribution in [2.45, 2.75) is 6.92 Å². The van der Waals surface area contributed by atoms with Crippen LogP contribution in [0.2, 0.25) is 5.02 Å². The van der Waals surface area contributed by atoms with E-state index in [4.69, 9.17) is 11.6 Å². The molecule has 94 valence electrons. The van der Waals surface area contributed by atoms with Crippen molar-refractivity contribution < 1.29 is 9.32 Å². The second-order valence-electron chi connectivity index (χ2n) is 3.45. The number of hydrogen-bond acceptors (Lipinski definition) is 5. The minimum absolute atomic E-state index is 0.323. The number of anilines is 2. The summed E-state index contributed by atoms with van der Waals surface area (Å²) in [6.45, 7) is 2.64. The molecule has 2 aromatic rings. The molecule has 0 saturated carbocycles. The van der Waals surface area contributed by atoms with Crippen LogP contribution in [0.1, 0.15) is 17.3 Å². The zero-order valence-corrected chi connectivity index (χ0v) is 10.4. The quantitative estimate of drug-likeness (QED) is 0.888. The number of carbonyl (C=O) groups excluding carboxylic acids is 1. The lowest BCUT2D eigenvalue weighted by atomic mass is 10.2. The Balaban J connectivity index is 2.13. The maximum absolute atomic E-state index is 11.8. The van der Waals surface area contributed by atoms with Gasteiger partial charge in [-0.3, -0.25) is 4.79 Å². The van der Waals surface area contributed by atoms with Crippen LogP contribution in [0, 0.1) is 0 Å². The Labute approximate surface area is 108 Å². The Hall–Kier alpha value is -2.08. The first-order valence-electron chi connectivity index (χ1n) is 5.31. The number of amides is 1. The van der Waals surface area contributed by atoms with Gasteiger partial charge in [0, 0.05) is 12.7 Å². The van der Waals surface area contributed by atoms with Crippen molar-refractivity contribution in [1.82, 2.24) is 10.1 Å². The summed E-state index contributed by atoms with van der Waals surface area (Å²) in [4.78, 5) is 15.9. The highest BCUT2D eigenvalue weighted by atomic mass is 35.5. The summed E-state index contributed by atoms with van der Waals surface area (Å²) < 4.78 is 4.61. The number of nitrogens with one attached hydrogen (secondary N) is 2. The molecular weight excluding hydrogens is 256 g/mol. The van der Waals surface area contributed by atoms with E-state index in [1.54, 1.807) is 6.07 Å². The van der Waals surface area contributed by atoms with E-state index < -0.39 is 0 Å². The Morgan fingerprint density at radius 2 is 2.33 bits per heavy atom. The van der Waals surface area contributed by atoms with Gasteiger partial charge in [-0.15, -0.1) is 0 Å². The molecule has 0 bridgehead atoms. The van der Waals surface area contributed by atoms with Gasteiger partial charge in [-0.25, -0.2) is 4.98 Å². The van der Waals surface area contributed by atoms with E-state index in [1.807, 2.05) is 6.92 Å². The van der Waals surface area contributed by atoms with E-state index >= 15 is 0 Å². The van der Waals surface area contributed by atoms with Crippen LogP contribution in [-0.4, -0.2) is 22.6 Å². The van der Waals surface area contributed by atoms with Crippen molar-refractivity contribution in [3.8, 4) is 0 Å². The summed E-state index contributed by atoms with van der Waals surface area (Å²) in [5.74, 6) is 0.233. The number of rotatable bonds is 4. The molecule has 2 heterocycles. The lowest BCUT2D eigenvalue weighted by Crippen LogP contribution is -2.12. The fourth-order valence-electron chi connectivity index (χ4n) is 1.33. The van der Waals surface area contributed by atoms with Crippen LogP contribution in [0.25, 0.3) is 0 Å². The van der Waals surface area contributed by atoms with Gasteiger partial charge in [0.2, 0.25) is 0 Å². The molecular formula is C11H11ClN4O2. The van der Waals surface area contributed by atoms with Crippen molar-refractivity contribution in [1.29, 1.82) is 0 Å². The van der Waals surface area contributed by atoms with Gasteiger partial charge in [0.05, 0.1) is 16.8 Å². The monoisotopic (exact) mass is 266 g/mol. The van der Waals surface area contributed by atoms with Gasteiger partial charge in [0.1, 0.15) is 17.8 Å². The van der Waals surface area contributed by atoms with Crippen LogP contribution >= 0.6 is 11.6 Å². The molecule has 0 aliphatic heterocycles. The Bertz CT molecular complexity index is 542. The number of aromatic nitrogens is 2. The second kappa shape index (κ2) is 5.50. The highest BCUT2D eigenvalue weighted by Crippen LogP contribution is 2.20. The van der Waals surface area contributed by atoms with Crippen LogP contribution in [0.3, 0.4) is 0 Å². The van der Waals surface area contributed by atoms with Crippen molar-refractivity contribution in [3.63, 3.8) is 0 Å². The topological polar surface area (TPSA) is 80.0 Å². The van der Waals surface area contributed by atoms with E-state index in [2.05, 4.69) is 25.3 Å². The molecule has 0 aliphatic carbocycles. The third-order valence-electron chi connectivity index (χ3n) is 2.14. The minimum atomic E-state index is -0.323. The van der Waals surface area contributed by atoms with Crippen LogP contribution in [-0.2, 0) is 0 Å². The largest absolute Gasteiger partial charge is 0.369 e. The molecule has 0 fully saturated rings. The second-order valence-corrected chi connectivity index (χ2v) is 3.86. The molecule has 0 saturated heterocycles. The molecule has 0 unspecified atom stereocenters. The summed E-state index contributed by atoms with van der Waals surface area (Å²) in [5, 5.41) is 9.47. The van der Waals surface area contributed by atoms with Gasteiger partial charge in [-0.1, -0.05) is 16.8 Å². The van der Waals surface area contributed by atoms with Crippen LogP contribution in [0.15, 0.2) is 29.2 Å². The van der Waals surface area contributed by atoms with Crippen LogP contribution in [0.5, 0.6) is 0 Å². The van der Waals surface area contributed by atoms with E-state index in [0.717, 1.165) is 0 Å².